The Hall–Kier alpha value is -0.980. The smallest absolute Gasteiger partial charge is 0.263 e. The second kappa shape index (κ2) is 7.57. The summed E-state index contributed by atoms with van der Waals surface area (Å²) in [5, 5.41) is 19.5. The molecule has 0 bridgehead atoms. The van der Waals surface area contributed by atoms with Gasteiger partial charge in [-0.15, -0.1) is 0 Å². The van der Waals surface area contributed by atoms with Crippen molar-refractivity contribution in [3.8, 4) is 0 Å². The van der Waals surface area contributed by atoms with E-state index in [0.717, 1.165) is 11.8 Å². The summed E-state index contributed by atoms with van der Waals surface area (Å²) in [5.74, 6) is 0.405. The van der Waals surface area contributed by atoms with Gasteiger partial charge in [0.05, 0.1) is 6.10 Å². The van der Waals surface area contributed by atoms with Gasteiger partial charge < -0.3 is 10.2 Å². The molecule has 2 atom stereocenters. The van der Waals surface area contributed by atoms with Crippen LogP contribution in [0.5, 0.6) is 0 Å². The van der Waals surface area contributed by atoms with Crippen molar-refractivity contribution in [3.05, 3.63) is 35.4 Å². The van der Waals surface area contributed by atoms with E-state index >= 15 is 0 Å². The van der Waals surface area contributed by atoms with Gasteiger partial charge in [-0.2, -0.15) is 0 Å². The zero-order chi connectivity index (χ0) is 14.4. The van der Waals surface area contributed by atoms with Crippen LogP contribution in [0.3, 0.4) is 0 Å². The number of benzene rings is 1. The molecule has 2 N–H and O–H groups in total. The lowest BCUT2D eigenvalue weighted by Gasteiger charge is -2.18. The molecule has 0 saturated carbocycles. The largest absolute Gasteiger partial charge is 0.390 e. The van der Waals surface area contributed by atoms with Crippen molar-refractivity contribution in [2.75, 3.05) is 5.75 Å². The molecule has 106 valence electrons. The number of hydrogen-bond acceptors (Lipinski definition) is 4. The zero-order valence-corrected chi connectivity index (χ0v) is 11.2. The number of alkyl halides is 2. The summed E-state index contributed by atoms with van der Waals surface area (Å²) in [6.07, 6.45) is -4.46. The molecule has 0 saturated heterocycles. The van der Waals surface area contributed by atoms with E-state index in [0.29, 0.717) is 11.3 Å². The van der Waals surface area contributed by atoms with Gasteiger partial charge in [0.2, 0.25) is 0 Å². The van der Waals surface area contributed by atoms with Gasteiger partial charge in [-0.1, -0.05) is 36.0 Å². The number of halogens is 2. The van der Waals surface area contributed by atoms with Crippen molar-refractivity contribution in [2.24, 2.45) is 0 Å². The van der Waals surface area contributed by atoms with Crippen LogP contribution < -0.4 is 0 Å². The highest BCUT2D eigenvalue weighted by Crippen LogP contribution is 2.24. The lowest BCUT2D eigenvalue weighted by molar-refractivity contribution is -0.109. The summed E-state index contributed by atoms with van der Waals surface area (Å²) in [4.78, 5) is 10.7. The van der Waals surface area contributed by atoms with Crippen LogP contribution >= 0.6 is 11.8 Å². The van der Waals surface area contributed by atoms with Gasteiger partial charge in [0.25, 0.3) is 6.43 Å². The average Bonchev–Trinajstić information content (AvgIpc) is 2.37. The van der Waals surface area contributed by atoms with Gasteiger partial charge in [0, 0.05) is 18.2 Å². The highest BCUT2D eigenvalue weighted by atomic mass is 32.2. The summed E-state index contributed by atoms with van der Waals surface area (Å²) < 4.78 is 24.7. The summed E-state index contributed by atoms with van der Waals surface area (Å²) in [6, 6.07) is 5.18. The van der Waals surface area contributed by atoms with Gasteiger partial charge in [-0.25, -0.2) is 8.78 Å². The molecular weight excluding hydrogens is 274 g/mol. The number of hydrogen-bond donors (Lipinski definition) is 2. The molecule has 1 rings (SSSR count). The molecule has 0 heterocycles. The standard InChI is InChI=1S/C13H16F2O3S/c1-8(16)19-7-6-11(17)12(18)9-2-4-10(5-3-9)13(14)15/h2-5,11-13,17-18H,6-7H2,1H3. The van der Waals surface area contributed by atoms with E-state index in [4.69, 9.17) is 0 Å². The predicted octanol–water partition coefficient (Wildman–Crippen LogP) is 2.69. The van der Waals surface area contributed by atoms with Crippen molar-refractivity contribution < 1.29 is 23.8 Å². The van der Waals surface area contributed by atoms with Crippen LogP contribution in [-0.4, -0.2) is 27.2 Å². The van der Waals surface area contributed by atoms with Crippen molar-refractivity contribution in [2.45, 2.75) is 32.0 Å². The number of aliphatic hydroxyl groups excluding tert-OH is 2. The number of rotatable bonds is 6. The van der Waals surface area contributed by atoms with Crippen LogP contribution in [0.1, 0.15) is 37.0 Å². The highest BCUT2D eigenvalue weighted by molar-refractivity contribution is 8.13. The second-order valence-corrected chi connectivity index (χ2v) is 5.38. The van der Waals surface area contributed by atoms with Crippen LogP contribution in [0.4, 0.5) is 8.78 Å². The van der Waals surface area contributed by atoms with Gasteiger partial charge in [0.1, 0.15) is 6.10 Å². The monoisotopic (exact) mass is 290 g/mol. The lowest BCUT2D eigenvalue weighted by atomic mass is 10.0. The molecule has 0 aliphatic rings. The minimum Gasteiger partial charge on any atom is -0.390 e. The molecule has 0 radical (unpaired) electrons. The third-order valence-electron chi connectivity index (χ3n) is 2.61. The first-order chi connectivity index (χ1) is 8.91. The van der Waals surface area contributed by atoms with E-state index in [1.54, 1.807) is 0 Å². The first-order valence-corrected chi connectivity index (χ1v) is 6.78. The minimum absolute atomic E-state index is 0.0528. The predicted molar refractivity (Wildman–Crippen MR) is 70.1 cm³/mol. The Bertz CT molecular complexity index is 409. The summed E-state index contributed by atoms with van der Waals surface area (Å²) in [7, 11) is 0. The van der Waals surface area contributed by atoms with Crippen LogP contribution in [0.15, 0.2) is 24.3 Å². The van der Waals surface area contributed by atoms with Gasteiger partial charge in [0.15, 0.2) is 5.12 Å². The van der Waals surface area contributed by atoms with Crippen molar-refractivity contribution in [1.29, 1.82) is 0 Å². The number of carbonyl (C=O) groups is 1. The molecule has 0 aliphatic heterocycles. The average molecular weight is 290 g/mol. The molecule has 1 aromatic carbocycles. The van der Waals surface area contributed by atoms with Crippen molar-refractivity contribution in [1.82, 2.24) is 0 Å². The number of aliphatic hydroxyl groups is 2. The summed E-state index contributed by atoms with van der Waals surface area (Å²) in [6.45, 7) is 1.43. The van der Waals surface area contributed by atoms with Gasteiger partial charge in [-0.05, 0) is 12.0 Å². The summed E-state index contributed by atoms with van der Waals surface area (Å²) >= 11 is 1.07. The van der Waals surface area contributed by atoms with E-state index < -0.39 is 18.6 Å². The quantitative estimate of drug-likeness (QED) is 0.845. The maximum atomic E-state index is 12.4. The fourth-order valence-corrected chi connectivity index (χ4v) is 2.19. The number of thioether (sulfide) groups is 1. The Labute approximate surface area is 114 Å². The fraction of sp³-hybridized carbons (Fsp3) is 0.462. The zero-order valence-electron chi connectivity index (χ0n) is 10.4. The first kappa shape index (κ1) is 16.1. The fourth-order valence-electron chi connectivity index (χ4n) is 1.54. The molecule has 19 heavy (non-hydrogen) atoms. The van der Waals surface area contributed by atoms with Crippen LogP contribution in [0.25, 0.3) is 0 Å². The van der Waals surface area contributed by atoms with E-state index in [2.05, 4.69) is 0 Å². The van der Waals surface area contributed by atoms with Crippen LogP contribution in [0, 0.1) is 0 Å². The van der Waals surface area contributed by atoms with Crippen molar-refractivity contribution >= 4 is 16.9 Å². The molecule has 2 unspecified atom stereocenters. The Morgan fingerprint density at radius 3 is 2.21 bits per heavy atom. The van der Waals surface area contributed by atoms with Crippen LogP contribution in [0.2, 0.25) is 0 Å². The first-order valence-electron chi connectivity index (χ1n) is 5.79. The van der Waals surface area contributed by atoms with E-state index in [-0.39, 0.29) is 17.1 Å². The topological polar surface area (TPSA) is 57.5 Å². The van der Waals surface area contributed by atoms with E-state index in [1.165, 1.54) is 31.2 Å². The molecule has 0 aliphatic carbocycles. The third-order valence-corrected chi connectivity index (χ3v) is 3.46. The van der Waals surface area contributed by atoms with Gasteiger partial charge in [-0.3, -0.25) is 4.79 Å². The molecular formula is C13H16F2O3S. The van der Waals surface area contributed by atoms with E-state index in [9.17, 15) is 23.8 Å². The van der Waals surface area contributed by atoms with Gasteiger partial charge >= 0.3 is 0 Å². The maximum Gasteiger partial charge on any atom is 0.263 e. The normalized spacial score (nSPS) is 14.4. The molecule has 0 amide bonds. The highest BCUT2D eigenvalue weighted by Gasteiger charge is 2.19. The summed E-state index contributed by atoms with van der Waals surface area (Å²) in [5.41, 5.74) is 0.252. The Kier molecular flexibility index (Phi) is 6.41. The molecule has 1 aromatic rings. The SMILES string of the molecule is CC(=O)SCCC(O)C(O)c1ccc(C(F)F)cc1. The van der Waals surface area contributed by atoms with E-state index in [1.807, 2.05) is 0 Å². The molecule has 0 aromatic heterocycles. The number of carbonyl (C=O) groups excluding carboxylic acids is 1. The Balaban J connectivity index is 2.56. The Morgan fingerprint density at radius 2 is 1.74 bits per heavy atom. The molecule has 3 nitrogen and oxygen atoms in total. The lowest BCUT2D eigenvalue weighted by Crippen LogP contribution is -2.19. The third kappa shape index (κ3) is 5.26. The maximum absolute atomic E-state index is 12.4. The molecule has 6 heteroatoms. The van der Waals surface area contributed by atoms with Crippen LogP contribution in [-0.2, 0) is 4.79 Å². The van der Waals surface area contributed by atoms with Crippen molar-refractivity contribution in [3.63, 3.8) is 0 Å². The molecule has 0 spiro atoms. The Morgan fingerprint density at radius 1 is 1.21 bits per heavy atom. The molecule has 0 fully saturated rings. The second-order valence-electron chi connectivity index (χ2n) is 4.11. The minimum atomic E-state index is -2.55.